The molecule has 4 heteroatoms. The third-order valence-electron chi connectivity index (χ3n) is 3.49. The number of carbonyl (C=O) groups is 3. The predicted molar refractivity (Wildman–Crippen MR) is 67.2 cm³/mol. The van der Waals surface area contributed by atoms with Crippen LogP contribution in [0.4, 0.5) is 0 Å². The van der Waals surface area contributed by atoms with Crippen LogP contribution in [-0.2, 0) is 14.4 Å². The number of rotatable bonds is 5. The molecule has 0 amide bonds. The van der Waals surface area contributed by atoms with Crippen LogP contribution in [0.3, 0.4) is 0 Å². The average Bonchev–Trinajstić information content (AvgIpc) is 2.35. The Morgan fingerprint density at radius 1 is 1.11 bits per heavy atom. The molecule has 1 N–H and O–H groups in total. The number of carboxylic acid groups (broad SMARTS) is 1. The second-order valence-electron chi connectivity index (χ2n) is 4.77. The molecule has 0 spiro atoms. The van der Waals surface area contributed by atoms with Gasteiger partial charge in [-0.25, -0.2) is 4.79 Å². The molecule has 0 aromatic heterocycles. The lowest BCUT2D eigenvalue weighted by atomic mass is 9.81. The van der Waals surface area contributed by atoms with Crippen molar-refractivity contribution in [2.24, 2.45) is 5.92 Å². The first-order valence-corrected chi connectivity index (χ1v) is 6.50. The molecular weight excluding hydrogens is 232 g/mol. The summed E-state index contributed by atoms with van der Waals surface area (Å²) < 4.78 is 0. The monoisotopic (exact) mass is 252 g/mol. The molecule has 0 saturated heterocycles. The Balaban J connectivity index is 3.08. The fourth-order valence-electron chi connectivity index (χ4n) is 2.54. The van der Waals surface area contributed by atoms with Crippen molar-refractivity contribution in [2.75, 3.05) is 0 Å². The van der Waals surface area contributed by atoms with Gasteiger partial charge in [-0.2, -0.15) is 0 Å². The Morgan fingerprint density at radius 3 is 2.06 bits per heavy atom. The third-order valence-corrected chi connectivity index (χ3v) is 3.49. The molecule has 100 valence electrons. The maximum atomic E-state index is 12.3. The molecule has 1 aliphatic rings. The van der Waals surface area contributed by atoms with Gasteiger partial charge < -0.3 is 5.11 Å². The van der Waals surface area contributed by atoms with E-state index in [0.29, 0.717) is 0 Å². The van der Waals surface area contributed by atoms with E-state index in [9.17, 15) is 14.4 Å². The Hall–Kier alpha value is -1.45. The van der Waals surface area contributed by atoms with Gasteiger partial charge >= 0.3 is 5.97 Å². The summed E-state index contributed by atoms with van der Waals surface area (Å²) in [5.74, 6) is -2.02. The number of carbonyl (C=O) groups excluding carboxylic acids is 2. The standard InChI is InChI=1S/C14H20O4/c1-3-11(14(17)18)12(9(2)15)13(16)10-7-5-4-6-8-10/h10H,3-8H2,1-2H3,(H,17,18). The van der Waals surface area contributed by atoms with Crippen LogP contribution in [0.25, 0.3) is 0 Å². The topological polar surface area (TPSA) is 71.4 Å². The fourth-order valence-corrected chi connectivity index (χ4v) is 2.54. The first-order chi connectivity index (χ1) is 8.49. The molecule has 18 heavy (non-hydrogen) atoms. The van der Waals surface area contributed by atoms with Crippen LogP contribution < -0.4 is 0 Å². The highest BCUT2D eigenvalue weighted by molar-refractivity contribution is 6.23. The smallest absolute Gasteiger partial charge is 0.332 e. The van der Waals surface area contributed by atoms with Crippen LogP contribution in [0.1, 0.15) is 52.4 Å². The van der Waals surface area contributed by atoms with Crippen molar-refractivity contribution < 1.29 is 19.5 Å². The van der Waals surface area contributed by atoms with Crippen molar-refractivity contribution in [3.05, 3.63) is 11.1 Å². The van der Waals surface area contributed by atoms with Crippen LogP contribution in [0.2, 0.25) is 0 Å². The number of aliphatic carboxylic acids is 1. The lowest BCUT2D eigenvalue weighted by molar-refractivity contribution is -0.134. The van der Waals surface area contributed by atoms with Crippen molar-refractivity contribution in [3.63, 3.8) is 0 Å². The minimum absolute atomic E-state index is 0.0435. The summed E-state index contributed by atoms with van der Waals surface area (Å²) in [6.45, 7) is 2.93. The van der Waals surface area contributed by atoms with E-state index in [0.717, 1.165) is 32.1 Å². The summed E-state index contributed by atoms with van der Waals surface area (Å²) in [5, 5.41) is 9.08. The molecule has 0 aliphatic heterocycles. The van der Waals surface area contributed by atoms with Gasteiger partial charge in [-0.3, -0.25) is 9.59 Å². The SMILES string of the molecule is CCC(C(=O)O)=C(C(C)=O)C(=O)C1CCCCC1. The zero-order chi connectivity index (χ0) is 13.7. The minimum atomic E-state index is -1.16. The maximum absolute atomic E-state index is 12.3. The van der Waals surface area contributed by atoms with Gasteiger partial charge in [0.15, 0.2) is 11.6 Å². The second-order valence-corrected chi connectivity index (χ2v) is 4.77. The zero-order valence-corrected chi connectivity index (χ0v) is 11.0. The zero-order valence-electron chi connectivity index (χ0n) is 11.0. The molecule has 0 heterocycles. The third kappa shape index (κ3) is 3.28. The second kappa shape index (κ2) is 6.47. The molecule has 4 nitrogen and oxygen atoms in total. The molecule has 1 rings (SSSR count). The predicted octanol–water partition coefficient (Wildman–Crippen LogP) is 2.52. The van der Waals surface area contributed by atoms with E-state index < -0.39 is 11.8 Å². The van der Waals surface area contributed by atoms with Crippen LogP contribution >= 0.6 is 0 Å². The Bertz CT molecular complexity index is 387. The van der Waals surface area contributed by atoms with Crippen LogP contribution in [-0.4, -0.2) is 22.6 Å². The normalized spacial score (nSPS) is 18.1. The summed E-state index contributed by atoms with van der Waals surface area (Å²) in [5.41, 5.74) is -0.130. The number of ketones is 2. The van der Waals surface area contributed by atoms with Crippen LogP contribution in [0.15, 0.2) is 11.1 Å². The molecule has 1 saturated carbocycles. The minimum Gasteiger partial charge on any atom is -0.478 e. The molecule has 0 atom stereocenters. The Kier molecular flexibility index (Phi) is 5.25. The van der Waals surface area contributed by atoms with E-state index in [1.807, 2.05) is 0 Å². The average molecular weight is 252 g/mol. The van der Waals surface area contributed by atoms with E-state index in [4.69, 9.17) is 5.11 Å². The summed E-state index contributed by atoms with van der Waals surface area (Å²) in [4.78, 5) is 35.0. The van der Waals surface area contributed by atoms with Gasteiger partial charge in [-0.15, -0.1) is 0 Å². The maximum Gasteiger partial charge on any atom is 0.332 e. The van der Waals surface area contributed by atoms with E-state index in [2.05, 4.69) is 0 Å². The first-order valence-electron chi connectivity index (χ1n) is 6.50. The quantitative estimate of drug-likeness (QED) is 0.463. The first kappa shape index (κ1) is 14.6. The molecule has 0 unspecified atom stereocenters. The van der Waals surface area contributed by atoms with Crippen molar-refractivity contribution >= 4 is 17.5 Å². The van der Waals surface area contributed by atoms with Crippen LogP contribution in [0, 0.1) is 5.92 Å². The van der Waals surface area contributed by atoms with Gasteiger partial charge in [-0.1, -0.05) is 26.2 Å². The van der Waals surface area contributed by atoms with Crippen molar-refractivity contribution in [1.29, 1.82) is 0 Å². The lowest BCUT2D eigenvalue weighted by Crippen LogP contribution is -2.25. The fraction of sp³-hybridized carbons (Fsp3) is 0.643. The van der Waals surface area contributed by atoms with Crippen molar-refractivity contribution in [2.45, 2.75) is 52.4 Å². The number of allylic oxidation sites excluding steroid dienone is 1. The molecule has 0 aromatic carbocycles. The molecule has 1 aliphatic carbocycles. The highest BCUT2D eigenvalue weighted by Crippen LogP contribution is 2.28. The molecule has 0 radical (unpaired) electrons. The highest BCUT2D eigenvalue weighted by Gasteiger charge is 2.29. The van der Waals surface area contributed by atoms with Gasteiger partial charge in [-0.05, 0) is 26.2 Å². The molecule has 0 aromatic rings. The lowest BCUT2D eigenvalue weighted by Gasteiger charge is -2.21. The van der Waals surface area contributed by atoms with Gasteiger partial charge in [0.05, 0.1) is 11.1 Å². The van der Waals surface area contributed by atoms with Gasteiger partial charge in [0.25, 0.3) is 0 Å². The van der Waals surface area contributed by atoms with E-state index >= 15 is 0 Å². The van der Waals surface area contributed by atoms with Crippen molar-refractivity contribution in [3.8, 4) is 0 Å². The number of carboxylic acids is 1. The van der Waals surface area contributed by atoms with Crippen molar-refractivity contribution in [1.82, 2.24) is 0 Å². The van der Waals surface area contributed by atoms with E-state index in [1.54, 1.807) is 6.92 Å². The molecule has 0 bridgehead atoms. The Labute approximate surface area is 107 Å². The Morgan fingerprint density at radius 2 is 1.67 bits per heavy atom. The highest BCUT2D eigenvalue weighted by atomic mass is 16.4. The summed E-state index contributed by atoms with van der Waals surface area (Å²) in [6.07, 6.45) is 4.82. The molecule has 1 fully saturated rings. The number of hydrogen-bond donors (Lipinski definition) is 1. The van der Waals surface area contributed by atoms with Gasteiger partial charge in [0.2, 0.25) is 0 Å². The largest absolute Gasteiger partial charge is 0.478 e. The van der Waals surface area contributed by atoms with Crippen LogP contribution in [0.5, 0.6) is 0 Å². The van der Waals surface area contributed by atoms with E-state index in [1.165, 1.54) is 6.92 Å². The van der Waals surface area contributed by atoms with Gasteiger partial charge in [0.1, 0.15) is 0 Å². The van der Waals surface area contributed by atoms with Gasteiger partial charge in [0, 0.05) is 5.92 Å². The van der Waals surface area contributed by atoms with E-state index in [-0.39, 0.29) is 29.3 Å². The number of hydrogen-bond acceptors (Lipinski definition) is 3. The summed E-state index contributed by atoms with van der Waals surface area (Å²) in [6, 6.07) is 0. The molecular formula is C14H20O4. The summed E-state index contributed by atoms with van der Waals surface area (Å²) in [7, 11) is 0. The summed E-state index contributed by atoms with van der Waals surface area (Å²) >= 11 is 0. The number of Topliss-reactive ketones (excluding diaryl/α,β-unsaturated/α-hetero) is 2.